The monoisotopic (exact) mass is 443 g/mol. The second-order valence-corrected chi connectivity index (χ2v) is 7.72. The van der Waals surface area contributed by atoms with Gasteiger partial charge in [0.15, 0.2) is 10.7 Å². The van der Waals surface area contributed by atoms with E-state index >= 15 is 0 Å². The van der Waals surface area contributed by atoms with Gasteiger partial charge in [0.05, 0.1) is 26.2 Å². The normalized spacial score (nSPS) is 11.9. The average Bonchev–Trinajstić information content (AvgIpc) is 2.51. The molecule has 0 bridgehead atoms. The zero-order chi connectivity index (χ0) is 19.8. The van der Waals surface area contributed by atoms with Gasteiger partial charge in [0, 0.05) is 25.4 Å². The third-order valence-electron chi connectivity index (χ3n) is 3.66. The summed E-state index contributed by atoms with van der Waals surface area (Å²) >= 11 is 16.3. The Kier molecular flexibility index (Phi) is 6.43. The topological polar surface area (TPSA) is 37.4 Å². The Hall–Kier alpha value is -1.09. The highest BCUT2D eigenvalue weighted by atomic mass is 35.5. The maximum Gasteiger partial charge on any atom is 0.416 e. The molecule has 0 spiro atoms. The molecule has 0 unspecified atom stereocenters. The van der Waals surface area contributed by atoms with Crippen LogP contribution in [0.4, 0.5) is 18.9 Å². The lowest BCUT2D eigenvalue weighted by molar-refractivity contribution is -0.137. The summed E-state index contributed by atoms with van der Waals surface area (Å²) in [6.07, 6.45) is -4.58. The van der Waals surface area contributed by atoms with Gasteiger partial charge in [-0.25, -0.2) is 8.42 Å². The van der Waals surface area contributed by atoms with Crippen LogP contribution in [0.25, 0.3) is 11.1 Å². The molecule has 2 rings (SSSR count). The van der Waals surface area contributed by atoms with Gasteiger partial charge in [0.1, 0.15) is 0 Å². The molecule has 0 saturated carbocycles. The molecule has 0 radical (unpaired) electrons. The molecule has 0 aromatic heterocycles. The van der Waals surface area contributed by atoms with E-state index in [0.29, 0.717) is 16.8 Å². The first-order chi connectivity index (χ1) is 12.0. The van der Waals surface area contributed by atoms with Crippen molar-refractivity contribution in [3.63, 3.8) is 0 Å². The van der Waals surface area contributed by atoms with Gasteiger partial charge < -0.3 is 4.90 Å². The smallest absolute Gasteiger partial charge is 0.377 e. The van der Waals surface area contributed by atoms with Gasteiger partial charge in [0.25, 0.3) is 0 Å². The van der Waals surface area contributed by atoms with E-state index in [1.165, 1.54) is 12.1 Å². The zero-order valence-electron chi connectivity index (χ0n) is 13.6. The van der Waals surface area contributed by atoms with Crippen molar-refractivity contribution in [3.05, 3.63) is 45.4 Å². The molecule has 3 nitrogen and oxygen atoms in total. The molecule has 2 aromatic rings. The number of rotatable bonds is 4. The van der Waals surface area contributed by atoms with Gasteiger partial charge in [-0.05, 0) is 35.4 Å². The number of anilines is 1. The van der Waals surface area contributed by atoms with Crippen molar-refractivity contribution in [1.29, 1.82) is 0 Å². The number of hydrogen-bond donors (Lipinski definition) is 2. The maximum atomic E-state index is 12.9. The third-order valence-corrected chi connectivity index (χ3v) is 5.48. The van der Waals surface area contributed by atoms with Crippen molar-refractivity contribution in [2.75, 3.05) is 19.0 Å². The summed E-state index contributed by atoms with van der Waals surface area (Å²) < 4.78 is 62.0. The van der Waals surface area contributed by atoms with Crippen LogP contribution in [0, 0.1) is 0 Å². The van der Waals surface area contributed by atoms with Crippen molar-refractivity contribution in [1.82, 2.24) is 0 Å². The van der Waals surface area contributed by atoms with Crippen molar-refractivity contribution >= 4 is 52.2 Å². The van der Waals surface area contributed by atoms with Gasteiger partial charge in [-0.3, -0.25) is 0 Å². The molecule has 0 saturated heterocycles. The Bertz CT molecular complexity index is 897. The largest absolute Gasteiger partial charge is 0.416 e. The Morgan fingerprint density at radius 2 is 1.62 bits per heavy atom. The minimum atomic E-state index is -4.58. The zero-order valence-corrected chi connectivity index (χ0v) is 16.9. The van der Waals surface area contributed by atoms with E-state index in [1.54, 1.807) is 19.0 Å². The summed E-state index contributed by atoms with van der Waals surface area (Å²) in [4.78, 5) is 1.69. The average molecular weight is 444 g/mol. The lowest BCUT2D eigenvalue weighted by Gasteiger charge is -2.20. The first-order valence-electron chi connectivity index (χ1n) is 7.13. The maximum absolute atomic E-state index is 12.9. The Balaban J connectivity index is 2.80. The van der Waals surface area contributed by atoms with Crippen LogP contribution in [0.5, 0.6) is 0 Å². The first-order valence-corrected chi connectivity index (χ1v) is 9.70. The van der Waals surface area contributed by atoms with E-state index in [0.717, 1.165) is 12.1 Å². The molecular formula is C16H14Cl2F3NO2S2. The van der Waals surface area contributed by atoms with E-state index in [1.807, 2.05) is 0 Å². The summed E-state index contributed by atoms with van der Waals surface area (Å²) in [5, 5.41) is -0.363. The minimum Gasteiger partial charge on any atom is -0.377 e. The highest BCUT2D eigenvalue weighted by molar-refractivity contribution is 7.79. The van der Waals surface area contributed by atoms with Crippen LogP contribution in [0.2, 0.25) is 10.0 Å². The van der Waals surface area contributed by atoms with Gasteiger partial charge in [-0.2, -0.15) is 25.8 Å². The van der Waals surface area contributed by atoms with Crippen LogP contribution in [0.15, 0.2) is 29.2 Å². The molecule has 0 atom stereocenters. The first kappa shape index (κ1) is 21.2. The quantitative estimate of drug-likeness (QED) is 0.641. The van der Waals surface area contributed by atoms with Gasteiger partial charge in [-0.1, -0.05) is 23.2 Å². The van der Waals surface area contributed by atoms with Crippen LogP contribution >= 0.6 is 35.8 Å². The molecule has 10 heteroatoms. The highest BCUT2D eigenvalue weighted by Crippen LogP contribution is 2.42. The summed E-state index contributed by atoms with van der Waals surface area (Å²) in [6.45, 7) is 0. The van der Waals surface area contributed by atoms with Crippen molar-refractivity contribution in [2.45, 2.75) is 16.8 Å². The Morgan fingerprint density at radius 1 is 1.08 bits per heavy atom. The molecular weight excluding hydrogens is 430 g/mol. The molecule has 26 heavy (non-hydrogen) atoms. The van der Waals surface area contributed by atoms with Crippen molar-refractivity contribution in [2.24, 2.45) is 0 Å². The fourth-order valence-electron chi connectivity index (χ4n) is 2.51. The SMILES string of the molecule is CN(C)c1cc(-c2c(Cl)cc(C(F)(F)F)cc2Cl)cc(CS)c1[SH](=O)=O. The van der Waals surface area contributed by atoms with Crippen LogP contribution in [-0.4, -0.2) is 22.5 Å². The van der Waals surface area contributed by atoms with Crippen LogP contribution in [-0.2, 0) is 22.6 Å². The molecule has 0 aliphatic rings. The minimum absolute atomic E-state index is 0.0999. The molecule has 0 aliphatic heterocycles. The van der Waals surface area contributed by atoms with E-state index in [4.69, 9.17) is 23.2 Å². The molecule has 0 N–H and O–H groups in total. The predicted octanol–water partition coefficient (Wildman–Crippen LogP) is 5.15. The van der Waals surface area contributed by atoms with E-state index in [2.05, 4.69) is 12.6 Å². The Labute approximate surface area is 166 Å². The van der Waals surface area contributed by atoms with Crippen LogP contribution in [0.3, 0.4) is 0 Å². The van der Waals surface area contributed by atoms with Gasteiger partial charge >= 0.3 is 6.18 Å². The second-order valence-electron chi connectivity index (χ2n) is 5.63. The van der Waals surface area contributed by atoms with E-state index < -0.39 is 22.4 Å². The number of hydrogen-bond acceptors (Lipinski definition) is 4. The lowest BCUT2D eigenvalue weighted by atomic mass is 10.00. The predicted molar refractivity (Wildman–Crippen MR) is 102 cm³/mol. The Morgan fingerprint density at radius 3 is 2.00 bits per heavy atom. The summed E-state index contributed by atoms with van der Waals surface area (Å²) in [6, 6.07) is 4.62. The molecule has 0 heterocycles. The standard InChI is InChI=1S/C16H14Cl2F3NO2S2/c1-22(2)13-4-8(3-9(7-25)15(13)26(23)24)14-11(17)5-10(6-12(14)18)16(19,20)21/h3-6,25-26H,7H2,1-2H3. The number of alkyl halides is 3. The van der Waals surface area contributed by atoms with E-state index in [-0.39, 0.29) is 26.3 Å². The fraction of sp³-hybridized carbons (Fsp3) is 0.250. The molecule has 0 aliphatic carbocycles. The number of thiol groups is 2. The lowest BCUT2D eigenvalue weighted by Crippen LogP contribution is -2.12. The molecule has 2 aromatic carbocycles. The fourth-order valence-corrected chi connectivity index (χ4v) is 4.42. The molecule has 0 fully saturated rings. The summed E-state index contributed by atoms with van der Waals surface area (Å²) in [7, 11) is 0.407. The van der Waals surface area contributed by atoms with Crippen LogP contribution < -0.4 is 4.90 Å². The van der Waals surface area contributed by atoms with Crippen molar-refractivity contribution < 1.29 is 21.6 Å². The molecule has 0 amide bonds. The second kappa shape index (κ2) is 7.88. The van der Waals surface area contributed by atoms with Crippen LogP contribution in [0.1, 0.15) is 11.1 Å². The summed E-state index contributed by atoms with van der Waals surface area (Å²) in [5.41, 5.74) is 0.410. The third kappa shape index (κ3) is 4.24. The van der Waals surface area contributed by atoms with Gasteiger partial charge in [0.2, 0.25) is 0 Å². The summed E-state index contributed by atoms with van der Waals surface area (Å²) in [5.74, 6) is 0.114. The molecule has 142 valence electrons. The number of nitrogens with zero attached hydrogens (tertiary/aromatic N) is 1. The van der Waals surface area contributed by atoms with Gasteiger partial charge in [-0.15, -0.1) is 0 Å². The number of benzene rings is 2. The van der Waals surface area contributed by atoms with E-state index in [9.17, 15) is 21.6 Å². The number of halogens is 5. The highest BCUT2D eigenvalue weighted by Gasteiger charge is 2.32. The van der Waals surface area contributed by atoms with Crippen molar-refractivity contribution in [3.8, 4) is 11.1 Å².